The molecular weight excluding hydrogens is 510 g/mol. The van der Waals surface area contributed by atoms with Gasteiger partial charge in [0.05, 0.1) is 25.6 Å². The van der Waals surface area contributed by atoms with Crippen LogP contribution in [0, 0.1) is 5.92 Å². The SMILES string of the molecule is CCCCn1c(-c2ccccc2)nc(-c2ccccc2)c1CN(CCC(C)C)Cc1ccc(C(=O)OC)c(OC)c1. The lowest BCUT2D eigenvalue weighted by atomic mass is 10.1. The molecule has 4 rings (SSSR count). The highest BCUT2D eigenvalue weighted by atomic mass is 16.5. The molecule has 1 aromatic heterocycles. The largest absolute Gasteiger partial charge is 0.496 e. The fourth-order valence-electron chi connectivity index (χ4n) is 5.08. The predicted octanol–water partition coefficient (Wildman–Crippen LogP) is 7.86. The summed E-state index contributed by atoms with van der Waals surface area (Å²) in [5.41, 5.74) is 6.04. The molecule has 6 nitrogen and oxygen atoms in total. The number of aromatic nitrogens is 2. The van der Waals surface area contributed by atoms with Crippen LogP contribution in [0.15, 0.2) is 78.9 Å². The molecule has 0 N–H and O–H groups in total. The van der Waals surface area contributed by atoms with Gasteiger partial charge in [0.15, 0.2) is 0 Å². The normalized spacial score (nSPS) is 11.3. The fraction of sp³-hybridized carbons (Fsp3) is 0.371. The third-order valence-electron chi connectivity index (χ3n) is 7.36. The molecule has 216 valence electrons. The van der Waals surface area contributed by atoms with Crippen LogP contribution in [0.25, 0.3) is 22.6 Å². The number of methoxy groups -OCH3 is 2. The third-order valence-corrected chi connectivity index (χ3v) is 7.36. The molecule has 1 heterocycles. The van der Waals surface area contributed by atoms with Crippen molar-refractivity contribution in [3.63, 3.8) is 0 Å². The van der Waals surface area contributed by atoms with E-state index < -0.39 is 5.97 Å². The lowest BCUT2D eigenvalue weighted by Crippen LogP contribution is -2.27. The molecule has 0 radical (unpaired) electrons. The maximum Gasteiger partial charge on any atom is 0.341 e. The van der Waals surface area contributed by atoms with E-state index in [-0.39, 0.29) is 0 Å². The number of hydrogen-bond acceptors (Lipinski definition) is 5. The molecule has 4 aromatic rings. The summed E-state index contributed by atoms with van der Waals surface area (Å²) in [5.74, 6) is 1.72. The van der Waals surface area contributed by atoms with Crippen molar-refractivity contribution in [1.82, 2.24) is 14.5 Å². The number of nitrogens with zero attached hydrogens (tertiary/aromatic N) is 3. The summed E-state index contributed by atoms with van der Waals surface area (Å²) < 4.78 is 12.9. The highest BCUT2D eigenvalue weighted by Crippen LogP contribution is 2.32. The van der Waals surface area contributed by atoms with E-state index in [0.29, 0.717) is 17.2 Å². The van der Waals surface area contributed by atoms with E-state index in [1.54, 1.807) is 13.2 Å². The standard InChI is InChI=1S/C35H43N3O3/c1-6-7-21-38-31(33(28-14-10-8-11-15-28)36-34(38)29-16-12-9-13-17-29)25-37(22-20-26(2)3)24-27-18-19-30(35(39)41-5)32(23-27)40-4/h8-19,23,26H,6-7,20-22,24-25H2,1-5H3. The molecule has 6 heteroatoms. The Kier molecular flexibility index (Phi) is 10.7. The Hall–Kier alpha value is -3.90. The molecule has 0 saturated carbocycles. The van der Waals surface area contributed by atoms with Gasteiger partial charge in [-0.1, -0.05) is 93.9 Å². The Labute approximate surface area is 244 Å². The van der Waals surface area contributed by atoms with Crippen molar-refractivity contribution in [3.05, 3.63) is 95.7 Å². The van der Waals surface area contributed by atoms with Crippen LogP contribution >= 0.6 is 0 Å². The minimum atomic E-state index is -0.397. The fourth-order valence-corrected chi connectivity index (χ4v) is 5.08. The average Bonchev–Trinajstić information content (AvgIpc) is 3.36. The van der Waals surface area contributed by atoms with Gasteiger partial charge in [0.25, 0.3) is 0 Å². The molecular formula is C35H43N3O3. The van der Waals surface area contributed by atoms with Crippen molar-refractivity contribution < 1.29 is 14.3 Å². The minimum Gasteiger partial charge on any atom is -0.496 e. The number of imidazole rings is 1. The lowest BCUT2D eigenvalue weighted by molar-refractivity contribution is 0.0597. The van der Waals surface area contributed by atoms with E-state index in [1.165, 1.54) is 12.8 Å². The van der Waals surface area contributed by atoms with Gasteiger partial charge in [-0.25, -0.2) is 9.78 Å². The smallest absolute Gasteiger partial charge is 0.341 e. The molecule has 0 aliphatic heterocycles. The number of carbonyl (C=O) groups is 1. The maximum absolute atomic E-state index is 12.2. The molecule has 0 amide bonds. The van der Waals surface area contributed by atoms with Crippen LogP contribution < -0.4 is 4.74 Å². The molecule has 0 aliphatic carbocycles. The molecule has 0 bridgehead atoms. The maximum atomic E-state index is 12.2. The summed E-state index contributed by atoms with van der Waals surface area (Å²) in [7, 11) is 2.98. The van der Waals surface area contributed by atoms with Gasteiger partial charge in [0, 0.05) is 30.8 Å². The van der Waals surface area contributed by atoms with E-state index in [2.05, 4.69) is 90.9 Å². The first-order valence-corrected chi connectivity index (χ1v) is 14.6. The quantitative estimate of drug-likeness (QED) is 0.149. The van der Waals surface area contributed by atoms with Gasteiger partial charge in [-0.15, -0.1) is 0 Å². The summed E-state index contributed by atoms with van der Waals surface area (Å²) in [4.78, 5) is 20.0. The van der Waals surface area contributed by atoms with Gasteiger partial charge in [-0.2, -0.15) is 0 Å². The van der Waals surface area contributed by atoms with E-state index in [4.69, 9.17) is 14.5 Å². The zero-order valence-electron chi connectivity index (χ0n) is 25.1. The van der Waals surface area contributed by atoms with Crippen molar-refractivity contribution in [2.24, 2.45) is 5.92 Å². The highest BCUT2D eigenvalue weighted by molar-refractivity contribution is 5.92. The van der Waals surface area contributed by atoms with Gasteiger partial charge in [0.1, 0.15) is 17.1 Å². The minimum absolute atomic E-state index is 0.397. The summed E-state index contributed by atoms with van der Waals surface area (Å²) in [6.45, 7) is 10.1. The van der Waals surface area contributed by atoms with Crippen LogP contribution in [0.4, 0.5) is 0 Å². The average molecular weight is 554 g/mol. The van der Waals surface area contributed by atoms with Gasteiger partial charge in [-0.3, -0.25) is 4.90 Å². The van der Waals surface area contributed by atoms with Crippen molar-refractivity contribution in [1.29, 1.82) is 0 Å². The van der Waals surface area contributed by atoms with Crippen molar-refractivity contribution in [2.45, 2.75) is 59.7 Å². The van der Waals surface area contributed by atoms with Crippen molar-refractivity contribution in [2.75, 3.05) is 20.8 Å². The van der Waals surface area contributed by atoms with E-state index in [9.17, 15) is 4.79 Å². The number of ether oxygens (including phenoxy) is 2. The first-order valence-electron chi connectivity index (χ1n) is 14.6. The van der Waals surface area contributed by atoms with Gasteiger partial charge in [0.2, 0.25) is 0 Å². The second-order valence-electron chi connectivity index (χ2n) is 10.9. The van der Waals surface area contributed by atoms with Crippen LogP contribution in [0.3, 0.4) is 0 Å². The number of carbonyl (C=O) groups excluding carboxylic acids is 1. The number of esters is 1. The molecule has 0 aliphatic rings. The Balaban J connectivity index is 1.78. The zero-order valence-corrected chi connectivity index (χ0v) is 25.1. The zero-order chi connectivity index (χ0) is 29.2. The van der Waals surface area contributed by atoms with E-state index >= 15 is 0 Å². The van der Waals surface area contributed by atoms with Gasteiger partial charge in [-0.05, 0) is 43.0 Å². The molecule has 0 fully saturated rings. The van der Waals surface area contributed by atoms with Crippen LogP contribution in [0.1, 0.15) is 61.6 Å². The Bertz CT molecular complexity index is 1400. The van der Waals surface area contributed by atoms with Crippen LogP contribution in [-0.4, -0.2) is 41.2 Å². The second-order valence-corrected chi connectivity index (χ2v) is 10.9. The number of rotatable bonds is 14. The van der Waals surface area contributed by atoms with Crippen LogP contribution in [0.5, 0.6) is 5.75 Å². The van der Waals surface area contributed by atoms with Gasteiger partial charge < -0.3 is 14.0 Å². The molecule has 0 atom stereocenters. The first kappa shape index (κ1) is 30.1. The number of benzene rings is 3. The topological polar surface area (TPSA) is 56.6 Å². The molecule has 41 heavy (non-hydrogen) atoms. The van der Waals surface area contributed by atoms with Crippen LogP contribution in [0.2, 0.25) is 0 Å². The summed E-state index contributed by atoms with van der Waals surface area (Å²) in [5, 5.41) is 0. The Morgan fingerprint density at radius 2 is 1.61 bits per heavy atom. The highest BCUT2D eigenvalue weighted by Gasteiger charge is 2.22. The Morgan fingerprint density at radius 3 is 2.22 bits per heavy atom. The number of unbranched alkanes of at least 4 members (excludes halogenated alkanes) is 1. The van der Waals surface area contributed by atoms with Crippen molar-refractivity contribution in [3.8, 4) is 28.4 Å². The summed E-state index contributed by atoms with van der Waals surface area (Å²) in [6.07, 6.45) is 3.26. The Morgan fingerprint density at radius 1 is 0.927 bits per heavy atom. The predicted molar refractivity (Wildman–Crippen MR) is 166 cm³/mol. The van der Waals surface area contributed by atoms with E-state index in [1.807, 2.05) is 12.1 Å². The molecule has 0 saturated heterocycles. The monoisotopic (exact) mass is 553 g/mol. The summed E-state index contributed by atoms with van der Waals surface area (Å²) >= 11 is 0. The van der Waals surface area contributed by atoms with Gasteiger partial charge >= 0.3 is 5.97 Å². The lowest BCUT2D eigenvalue weighted by Gasteiger charge is -2.25. The molecule has 0 unspecified atom stereocenters. The summed E-state index contributed by atoms with van der Waals surface area (Å²) in [6, 6.07) is 26.8. The second kappa shape index (κ2) is 14.6. The molecule has 0 spiro atoms. The first-order chi connectivity index (χ1) is 19.9. The third kappa shape index (κ3) is 7.65. The van der Waals surface area contributed by atoms with E-state index in [0.717, 1.165) is 73.7 Å². The van der Waals surface area contributed by atoms with Crippen molar-refractivity contribution >= 4 is 5.97 Å². The number of hydrogen-bond donors (Lipinski definition) is 0. The molecule has 3 aromatic carbocycles. The van der Waals surface area contributed by atoms with Crippen LogP contribution in [-0.2, 0) is 24.4 Å².